The highest BCUT2D eigenvalue weighted by atomic mass is 16.5. The smallest absolute Gasteiger partial charge is 0.265 e. The van der Waals surface area contributed by atoms with E-state index in [1.54, 1.807) is 25.1 Å². The lowest BCUT2D eigenvalue weighted by atomic mass is 10.1. The summed E-state index contributed by atoms with van der Waals surface area (Å²) >= 11 is 0. The number of benzene rings is 2. The molecule has 0 fully saturated rings. The van der Waals surface area contributed by atoms with Crippen molar-refractivity contribution < 1.29 is 13.9 Å². The van der Waals surface area contributed by atoms with E-state index in [1.165, 1.54) is 0 Å². The van der Waals surface area contributed by atoms with Crippen LogP contribution in [-0.4, -0.2) is 17.0 Å². The van der Waals surface area contributed by atoms with Gasteiger partial charge in [-0.25, -0.2) is 4.98 Å². The lowest BCUT2D eigenvalue weighted by Crippen LogP contribution is -2.31. The topological polar surface area (TPSA) is 64.4 Å². The normalized spacial score (nSPS) is 16.3. The van der Waals surface area contributed by atoms with Crippen LogP contribution in [0.3, 0.4) is 0 Å². The minimum absolute atomic E-state index is 0.157. The van der Waals surface area contributed by atoms with Gasteiger partial charge in [-0.2, -0.15) is 0 Å². The maximum atomic E-state index is 12.3. The van der Waals surface area contributed by atoms with Crippen LogP contribution in [0.1, 0.15) is 11.5 Å². The third kappa shape index (κ3) is 2.20. The van der Waals surface area contributed by atoms with Crippen LogP contribution >= 0.6 is 0 Å². The third-order valence-electron chi connectivity index (χ3n) is 3.70. The van der Waals surface area contributed by atoms with Crippen molar-refractivity contribution in [2.75, 3.05) is 5.32 Å². The summed E-state index contributed by atoms with van der Waals surface area (Å²) in [5.41, 5.74) is 3.18. The van der Waals surface area contributed by atoms with Crippen LogP contribution in [0.4, 0.5) is 5.69 Å². The molecule has 0 aliphatic carbocycles. The molecule has 0 radical (unpaired) electrons. The van der Waals surface area contributed by atoms with E-state index in [2.05, 4.69) is 10.3 Å². The monoisotopic (exact) mass is 294 g/mol. The Morgan fingerprint density at radius 3 is 3.00 bits per heavy atom. The molecule has 0 unspecified atom stereocenters. The highest BCUT2D eigenvalue weighted by molar-refractivity contribution is 5.96. The molecular formula is C17H14N2O3. The Morgan fingerprint density at radius 1 is 1.27 bits per heavy atom. The summed E-state index contributed by atoms with van der Waals surface area (Å²) in [6, 6.07) is 13.1. The van der Waals surface area contributed by atoms with Gasteiger partial charge in [0, 0.05) is 19.0 Å². The van der Waals surface area contributed by atoms with Crippen molar-refractivity contribution >= 4 is 22.7 Å². The Morgan fingerprint density at radius 2 is 2.14 bits per heavy atom. The first-order valence-electron chi connectivity index (χ1n) is 7.12. The molecule has 22 heavy (non-hydrogen) atoms. The van der Waals surface area contributed by atoms with Gasteiger partial charge in [0.25, 0.3) is 5.91 Å². The zero-order valence-electron chi connectivity index (χ0n) is 12.0. The molecule has 1 aliphatic rings. The van der Waals surface area contributed by atoms with E-state index in [9.17, 15) is 4.79 Å². The quantitative estimate of drug-likeness (QED) is 0.789. The van der Waals surface area contributed by atoms with Gasteiger partial charge >= 0.3 is 0 Å². The Balaban J connectivity index is 1.52. The van der Waals surface area contributed by atoms with Gasteiger partial charge in [-0.1, -0.05) is 18.2 Å². The molecule has 0 saturated heterocycles. The van der Waals surface area contributed by atoms with Gasteiger partial charge < -0.3 is 14.5 Å². The van der Waals surface area contributed by atoms with E-state index in [-0.39, 0.29) is 5.91 Å². The molecule has 2 heterocycles. The molecule has 5 nitrogen and oxygen atoms in total. The SMILES string of the molecule is Cc1nc2cc(NC(=O)[C@H]3Cc4ccccc4O3)ccc2o1. The van der Waals surface area contributed by atoms with Crippen LogP contribution in [0.5, 0.6) is 5.75 Å². The van der Waals surface area contributed by atoms with Crippen molar-refractivity contribution in [1.82, 2.24) is 4.98 Å². The molecular weight excluding hydrogens is 280 g/mol. The molecule has 0 bridgehead atoms. The van der Waals surface area contributed by atoms with Crippen LogP contribution in [0, 0.1) is 6.92 Å². The second-order valence-corrected chi connectivity index (χ2v) is 5.32. The number of carbonyl (C=O) groups excluding carboxylic acids is 1. The zero-order chi connectivity index (χ0) is 15.1. The Kier molecular flexibility index (Phi) is 2.85. The van der Waals surface area contributed by atoms with E-state index in [0.29, 0.717) is 23.6 Å². The Hall–Kier alpha value is -2.82. The maximum Gasteiger partial charge on any atom is 0.265 e. The number of nitrogens with one attached hydrogen (secondary N) is 1. The lowest BCUT2D eigenvalue weighted by Gasteiger charge is -2.11. The maximum absolute atomic E-state index is 12.3. The first kappa shape index (κ1) is 12.9. The minimum Gasteiger partial charge on any atom is -0.480 e. The predicted octanol–water partition coefficient (Wildman–Crippen LogP) is 3.08. The summed E-state index contributed by atoms with van der Waals surface area (Å²) in [5.74, 6) is 1.23. The van der Waals surface area contributed by atoms with Crippen molar-refractivity contribution in [2.24, 2.45) is 0 Å². The molecule has 1 amide bonds. The van der Waals surface area contributed by atoms with Gasteiger partial charge in [-0.3, -0.25) is 4.79 Å². The predicted molar refractivity (Wildman–Crippen MR) is 81.9 cm³/mol. The van der Waals surface area contributed by atoms with Gasteiger partial charge in [-0.15, -0.1) is 0 Å². The molecule has 0 saturated carbocycles. The number of nitrogens with zero attached hydrogens (tertiary/aromatic N) is 1. The first-order valence-corrected chi connectivity index (χ1v) is 7.12. The number of aromatic nitrogens is 1. The van der Waals surface area contributed by atoms with Crippen LogP contribution in [0.2, 0.25) is 0 Å². The first-order chi connectivity index (χ1) is 10.7. The molecule has 3 aromatic rings. The van der Waals surface area contributed by atoms with Crippen LogP contribution in [0.15, 0.2) is 46.9 Å². The molecule has 5 heteroatoms. The third-order valence-corrected chi connectivity index (χ3v) is 3.70. The number of para-hydroxylation sites is 1. The van der Waals surface area contributed by atoms with Crippen LogP contribution in [0.25, 0.3) is 11.1 Å². The van der Waals surface area contributed by atoms with Gasteiger partial charge in [0.05, 0.1) is 0 Å². The largest absolute Gasteiger partial charge is 0.480 e. The summed E-state index contributed by atoms with van der Waals surface area (Å²) < 4.78 is 11.1. The second-order valence-electron chi connectivity index (χ2n) is 5.32. The summed E-state index contributed by atoms with van der Waals surface area (Å²) in [5, 5.41) is 2.87. The molecule has 110 valence electrons. The average molecular weight is 294 g/mol. The number of carbonyl (C=O) groups is 1. The Bertz CT molecular complexity index is 844. The molecule has 4 rings (SSSR count). The lowest BCUT2D eigenvalue weighted by molar-refractivity contribution is -0.122. The van der Waals surface area contributed by atoms with E-state index in [4.69, 9.17) is 9.15 Å². The van der Waals surface area contributed by atoms with E-state index < -0.39 is 6.10 Å². The number of oxazole rings is 1. The minimum atomic E-state index is -0.493. The number of ether oxygens (including phenoxy) is 1. The van der Waals surface area contributed by atoms with Gasteiger partial charge in [-0.05, 0) is 29.8 Å². The highest BCUT2D eigenvalue weighted by Crippen LogP contribution is 2.29. The van der Waals surface area contributed by atoms with Gasteiger partial charge in [0.15, 0.2) is 17.6 Å². The average Bonchev–Trinajstić information content (AvgIpc) is 3.08. The standard InChI is InChI=1S/C17H14N2O3/c1-10-18-13-9-12(6-7-15(13)21-10)19-17(20)16-8-11-4-2-3-5-14(11)22-16/h2-7,9,16H,8H2,1H3,(H,19,20)/t16-/m1/s1. The van der Waals surface area contributed by atoms with Crippen LogP contribution < -0.4 is 10.1 Å². The van der Waals surface area contributed by atoms with Crippen molar-refractivity contribution in [3.63, 3.8) is 0 Å². The van der Waals surface area contributed by atoms with E-state index in [1.807, 2.05) is 24.3 Å². The molecule has 1 aliphatic heterocycles. The van der Waals surface area contributed by atoms with Crippen molar-refractivity contribution in [2.45, 2.75) is 19.4 Å². The van der Waals surface area contributed by atoms with Crippen molar-refractivity contribution in [3.8, 4) is 5.75 Å². The number of hydrogen-bond donors (Lipinski definition) is 1. The fraction of sp³-hybridized carbons (Fsp3) is 0.176. The number of anilines is 1. The molecule has 1 atom stereocenters. The Labute approximate surface area is 126 Å². The van der Waals surface area contributed by atoms with Crippen molar-refractivity contribution in [1.29, 1.82) is 0 Å². The van der Waals surface area contributed by atoms with E-state index >= 15 is 0 Å². The number of amides is 1. The summed E-state index contributed by atoms with van der Waals surface area (Å²) in [6.45, 7) is 1.79. The molecule has 1 N–H and O–H groups in total. The fourth-order valence-corrected chi connectivity index (χ4v) is 2.67. The number of rotatable bonds is 2. The molecule has 0 spiro atoms. The van der Waals surface area contributed by atoms with Gasteiger partial charge in [0.2, 0.25) is 0 Å². The zero-order valence-corrected chi connectivity index (χ0v) is 12.0. The number of hydrogen-bond acceptors (Lipinski definition) is 4. The van der Waals surface area contributed by atoms with Gasteiger partial charge in [0.1, 0.15) is 11.3 Å². The summed E-state index contributed by atoms with van der Waals surface area (Å²) in [7, 11) is 0. The van der Waals surface area contributed by atoms with E-state index in [0.717, 1.165) is 16.8 Å². The summed E-state index contributed by atoms with van der Waals surface area (Å²) in [4.78, 5) is 16.6. The molecule has 1 aromatic heterocycles. The van der Waals surface area contributed by atoms with Crippen LogP contribution in [-0.2, 0) is 11.2 Å². The highest BCUT2D eigenvalue weighted by Gasteiger charge is 2.28. The molecule has 2 aromatic carbocycles. The fourth-order valence-electron chi connectivity index (χ4n) is 2.67. The number of aryl methyl sites for hydroxylation is 1. The number of fused-ring (bicyclic) bond motifs is 2. The second kappa shape index (κ2) is 4.87. The summed E-state index contributed by atoms with van der Waals surface area (Å²) in [6.07, 6.45) is 0.0972. The van der Waals surface area contributed by atoms with Crippen molar-refractivity contribution in [3.05, 3.63) is 53.9 Å².